The Bertz CT molecular complexity index is 355. The SMILES string of the molecule is C=C\C=C/C(O)=C(C)/C(=C/C=C)C(=C)O. The second kappa shape index (κ2) is 6.49. The zero-order valence-electron chi connectivity index (χ0n) is 8.90. The Morgan fingerprint density at radius 1 is 1.13 bits per heavy atom. The Labute approximate surface area is 90.6 Å². The lowest BCUT2D eigenvalue weighted by Crippen LogP contribution is -1.93. The van der Waals surface area contributed by atoms with Crippen LogP contribution in [0.25, 0.3) is 0 Å². The summed E-state index contributed by atoms with van der Waals surface area (Å²) in [6.45, 7) is 12.1. The molecule has 0 rings (SSSR count). The van der Waals surface area contributed by atoms with Crippen molar-refractivity contribution in [2.45, 2.75) is 6.92 Å². The minimum atomic E-state index is -0.106. The number of aliphatic hydroxyl groups is 2. The van der Waals surface area contributed by atoms with Gasteiger partial charge in [0.25, 0.3) is 0 Å². The summed E-state index contributed by atoms with van der Waals surface area (Å²) in [5.41, 5.74) is 0.983. The lowest BCUT2D eigenvalue weighted by Gasteiger charge is -2.06. The molecular weight excluding hydrogens is 188 g/mol. The average molecular weight is 204 g/mol. The predicted molar refractivity (Wildman–Crippen MR) is 64.7 cm³/mol. The van der Waals surface area contributed by atoms with E-state index in [0.717, 1.165) is 0 Å². The molecular formula is C13H16O2. The Balaban J connectivity index is 5.24. The first-order valence-electron chi connectivity index (χ1n) is 4.44. The van der Waals surface area contributed by atoms with Gasteiger partial charge in [-0.2, -0.15) is 0 Å². The lowest BCUT2D eigenvalue weighted by atomic mass is 10.0. The van der Waals surface area contributed by atoms with Crippen molar-refractivity contribution in [1.29, 1.82) is 0 Å². The largest absolute Gasteiger partial charge is 0.508 e. The molecule has 80 valence electrons. The molecule has 0 fully saturated rings. The molecule has 15 heavy (non-hydrogen) atoms. The van der Waals surface area contributed by atoms with Crippen molar-refractivity contribution in [2.24, 2.45) is 0 Å². The molecule has 0 spiro atoms. The van der Waals surface area contributed by atoms with Gasteiger partial charge in [0.2, 0.25) is 0 Å². The van der Waals surface area contributed by atoms with Crippen molar-refractivity contribution in [1.82, 2.24) is 0 Å². The van der Waals surface area contributed by atoms with Gasteiger partial charge in [0, 0.05) is 11.1 Å². The summed E-state index contributed by atoms with van der Waals surface area (Å²) in [6.07, 6.45) is 7.74. The highest BCUT2D eigenvalue weighted by Gasteiger charge is 2.06. The summed E-state index contributed by atoms with van der Waals surface area (Å²) < 4.78 is 0. The smallest absolute Gasteiger partial charge is 0.119 e. The Kier molecular flexibility index (Phi) is 5.64. The van der Waals surface area contributed by atoms with Crippen LogP contribution in [0.3, 0.4) is 0 Å². The van der Waals surface area contributed by atoms with E-state index in [2.05, 4.69) is 19.7 Å². The second-order valence-corrected chi connectivity index (χ2v) is 2.87. The molecule has 0 aromatic heterocycles. The molecule has 0 heterocycles. The van der Waals surface area contributed by atoms with Gasteiger partial charge in [-0.15, -0.1) is 0 Å². The second-order valence-electron chi connectivity index (χ2n) is 2.87. The normalized spacial score (nSPS) is 13.5. The lowest BCUT2D eigenvalue weighted by molar-refractivity contribution is 0.413. The average Bonchev–Trinajstić information content (AvgIpc) is 2.21. The number of rotatable bonds is 5. The topological polar surface area (TPSA) is 40.5 Å². The molecule has 0 saturated carbocycles. The highest BCUT2D eigenvalue weighted by molar-refractivity contribution is 5.46. The summed E-state index contributed by atoms with van der Waals surface area (Å²) in [6, 6.07) is 0. The fraction of sp³-hybridized carbons (Fsp3) is 0.0769. The van der Waals surface area contributed by atoms with E-state index in [9.17, 15) is 10.2 Å². The zero-order chi connectivity index (χ0) is 11.8. The molecule has 0 aromatic carbocycles. The zero-order valence-corrected chi connectivity index (χ0v) is 8.90. The number of aliphatic hydroxyl groups excluding tert-OH is 2. The molecule has 0 radical (unpaired) electrons. The standard InChI is InChI=1S/C13H16O2/c1-5-7-9-13(15)10(3)12(8-6-2)11(4)14/h5-9,14-15H,1-2,4H2,3H3/b9-7-,12-8-,13-10-. The molecule has 0 bridgehead atoms. The quantitative estimate of drug-likeness (QED) is 0.529. The highest BCUT2D eigenvalue weighted by Crippen LogP contribution is 2.19. The van der Waals surface area contributed by atoms with Gasteiger partial charge in [-0.05, 0) is 13.0 Å². The first-order chi connectivity index (χ1) is 7.04. The van der Waals surface area contributed by atoms with Crippen molar-refractivity contribution in [3.05, 3.63) is 72.8 Å². The fourth-order valence-corrected chi connectivity index (χ4v) is 0.978. The van der Waals surface area contributed by atoms with Gasteiger partial charge in [0.05, 0.1) is 0 Å². The number of allylic oxidation sites excluding steroid dienone is 6. The Morgan fingerprint density at radius 3 is 2.13 bits per heavy atom. The van der Waals surface area contributed by atoms with Gasteiger partial charge in [-0.25, -0.2) is 0 Å². The van der Waals surface area contributed by atoms with Crippen LogP contribution in [0.15, 0.2) is 72.8 Å². The predicted octanol–water partition coefficient (Wildman–Crippen LogP) is 3.74. The van der Waals surface area contributed by atoms with E-state index in [-0.39, 0.29) is 11.5 Å². The summed E-state index contributed by atoms with van der Waals surface area (Å²) in [5, 5.41) is 18.9. The minimum absolute atomic E-state index is 0.0539. The Hall–Kier alpha value is -1.96. The van der Waals surface area contributed by atoms with E-state index in [1.165, 1.54) is 12.2 Å². The van der Waals surface area contributed by atoms with Gasteiger partial charge >= 0.3 is 0 Å². The molecule has 2 heteroatoms. The van der Waals surface area contributed by atoms with Crippen LogP contribution in [0, 0.1) is 0 Å². The molecule has 0 aliphatic carbocycles. The first kappa shape index (κ1) is 13.0. The van der Waals surface area contributed by atoms with Crippen molar-refractivity contribution in [3.8, 4) is 0 Å². The number of hydrogen-bond donors (Lipinski definition) is 2. The molecule has 0 amide bonds. The highest BCUT2D eigenvalue weighted by atomic mass is 16.3. The fourth-order valence-electron chi connectivity index (χ4n) is 0.978. The number of hydrogen-bond acceptors (Lipinski definition) is 2. The van der Waals surface area contributed by atoms with Crippen molar-refractivity contribution in [2.75, 3.05) is 0 Å². The van der Waals surface area contributed by atoms with Crippen LogP contribution in [0.4, 0.5) is 0 Å². The van der Waals surface area contributed by atoms with Gasteiger partial charge in [0.15, 0.2) is 0 Å². The molecule has 0 saturated heterocycles. The maximum Gasteiger partial charge on any atom is 0.119 e. The molecule has 2 N–H and O–H groups in total. The first-order valence-corrected chi connectivity index (χ1v) is 4.44. The third kappa shape index (κ3) is 4.18. The summed E-state index contributed by atoms with van der Waals surface area (Å²) in [7, 11) is 0. The van der Waals surface area contributed by atoms with E-state index in [1.54, 1.807) is 25.2 Å². The summed E-state index contributed by atoms with van der Waals surface area (Å²) >= 11 is 0. The van der Waals surface area contributed by atoms with Crippen LogP contribution >= 0.6 is 0 Å². The van der Waals surface area contributed by atoms with Crippen LogP contribution in [0.5, 0.6) is 0 Å². The molecule has 0 aliphatic rings. The van der Waals surface area contributed by atoms with Gasteiger partial charge in [-0.3, -0.25) is 0 Å². The van der Waals surface area contributed by atoms with Crippen LogP contribution < -0.4 is 0 Å². The van der Waals surface area contributed by atoms with Gasteiger partial charge < -0.3 is 10.2 Å². The van der Waals surface area contributed by atoms with E-state index >= 15 is 0 Å². The molecule has 0 aromatic rings. The minimum Gasteiger partial charge on any atom is -0.508 e. The monoisotopic (exact) mass is 204 g/mol. The summed E-state index contributed by atoms with van der Waals surface area (Å²) in [5.74, 6) is -0.0517. The van der Waals surface area contributed by atoms with Crippen molar-refractivity contribution < 1.29 is 10.2 Å². The summed E-state index contributed by atoms with van der Waals surface area (Å²) in [4.78, 5) is 0. The molecule has 0 unspecified atom stereocenters. The van der Waals surface area contributed by atoms with E-state index in [4.69, 9.17) is 0 Å². The van der Waals surface area contributed by atoms with Crippen molar-refractivity contribution >= 4 is 0 Å². The van der Waals surface area contributed by atoms with Gasteiger partial charge in [-0.1, -0.05) is 44.0 Å². The molecule has 0 aliphatic heterocycles. The van der Waals surface area contributed by atoms with E-state index in [0.29, 0.717) is 11.1 Å². The maximum absolute atomic E-state index is 9.61. The third-order valence-corrected chi connectivity index (χ3v) is 1.77. The van der Waals surface area contributed by atoms with Crippen LogP contribution in [0.2, 0.25) is 0 Å². The molecule has 0 atom stereocenters. The van der Waals surface area contributed by atoms with E-state index in [1.807, 2.05) is 0 Å². The van der Waals surface area contributed by atoms with Crippen molar-refractivity contribution in [3.63, 3.8) is 0 Å². The maximum atomic E-state index is 9.61. The van der Waals surface area contributed by atoms with Gasteiger partial charge in [0.1, 0.15) is 11.5 Å². The molecule has 2 nitrogen and oxygen atoms in total. The Morgan fingerprint density at radius 2 is 1.73 bits per heavy atom. The van der Waals surface area contributed by atoms with Crippen LogP contribution in [-0.2, 0) is 0 Å². The van der Waals surface area contributed by atoms with Crippen LogP contribution in [-0.4, -0.2) is 10.2 Å². The third-order valence-electron chi connectivity index (χ3n) is 1.77. The van der Waals surface area contributed by atoms with E-state index < -0.39 is 0 Å². The van der Waals surface area contributed by atoms with Crippen LogP contribution in [0.1, 0.15) is 6.92 Å².